The Kier molecular flexibility index (Phi) is 7.56. The molecule has 1 rings (SSSR count). The molecule has 1 aromatic rings. The van der Waals surface area contributed by atoms with E-state index in [0.29, 0.717) is 36.9 Å². The highest BCUT2D eigenvalue weighted by molar-refractivity contribution is 5.92. The zero-order valence-electron chi connectivity index (χ0n) is 12.8. The van der Waals surface area contributed by atoms with Crippen molar-refractivity contribution in [2.75, 3.05) is 38.0 Å². The monoisotopic (exact) mass is 296 g/mol. The van der Waals surface area contributed by atoms with Crippen LogP contribution < -0.4 is 15.8 Å². The van der Waals surface area contributed by atoms with Crippen molar-refractivity contribution in [2.45, 2.75) is 26.4 Å². The molecule has 0 aromatic heterocycles. The number of rotatable bonds is 9. The summed E-state index contributed by atoms with van der Waals surface area (Å²) in [4.78, 5) is 11.9. The Morgan fingerprint density at radius 3 is 2.86 bits per heavy atom. The Morgan fingerprint density at radius 2 is 2.19 bits per heavy atom. The van der Waals surface area contributed by atoms with Crippen LogP contribution in [0.3, 0.4) is 0 Å². The molecule has 0 saturated heterocycles. The van der Waals surface area contributed by atoms with Gasteiger partial charge in [-0.05, 0) is 32.0 Å². The van der Waals surface area contributed by atoms with E-state index in [0.717, 1.165) is 0 Å². The Bertz CT molecular complexity index is 451. The van der Waals surface area contributed by atoms with Crippen LogP contribution in [0, 0.1) is 0 Å². The number of hydrogen-bond donors (Lipinski definition) is 2. The van der Waals surface area contributed by atoms with E-state index in [2.05, 4.69) is 5.32 Å². The molecule has 1 aromatic carbocycles. The van der Waals surface area contributed by atoms with Gasteiger partial charge in [0.25, 0.3) is 0 Å². The highest BCUT2D eigenvalue weighted by Crippen LogP contribution is 2.26. The fourth-order valence-corrected chi connectivity index (χ4v) is 1.72. The van der Waals surface area contributed by atoms with Gasteiger partial charge >= 0.3 is 0 Å². The zero-order valence-corrected chi connectivity index (χ0v) is 12.8. The third kappa shape index (κ3) is 6.46. The molecule has 21 heavy (non-hydrogen) atoms. The molecule has 0 fully saturated rings. The van der Waals surface area contributed by atoms with Gasteiger partial charge in [-0.3, -0.25) is 4.79 Å². The lowest BCUT2D eigenvalue weighted by molar-refractivity contribution is -0.118. The maximum atomic E-state index is 11.9. The van der Waals surface area contributed by atoms with Crippen molar-refractivity contribution in [1.29, 1.82) is 0 Å². The summed E-state index contributed by atoms with van der Waals surface area (Å²) in [7, 11) is 1.54. The lowest BCUT2D eigenvalue weighted by Gasteiger charge is -2.13. The van der Waals surface area contributed by atoms with Gasteiger partial charge in [0.1, 0.15) is 5.75 Å². The first kappa shape index (κ1) is 17.3. The van der Waals surface area contributed by atoms with Crippen LogP contribution >= 0.6 is 0 Å². The number of benzene rings is 1. The van der Waals surface area contributed by atoms with Crippen LogP contribution in [0.15, 0.2) is 18.2 Å². The van der Waals surface area contributed by atoms with Crippen molar-refractivity contribution in [3.63, 3.8) is 0 Å². The summed E-state index contributed by atoms with van der Waals surface area (Å²) < 4.78 is 15.9. The average molecular weight is 296 g/mol. The van der Waals surface area contributed by atoms with E-state index < -0.39 is 0 Å². The first-order chi connectivity index (χ1) is 10.1. The largest absolute Gasteiger partial charge is 0.495 e. The molecule has 3 N–H and O–H groups in total. The van der Waals surface area contributed by atoms with Gasteiger partial charge < -0.3 is 25.3 Å². The van der Waals surface area contributed by atoms with E-state index in [1.54, 1.807) is 25.3 Å². The number of carbonyl (C=O) groups excluding carboxylic acids is 1. The molecule has 1 atom stereocenters. The SMILES string of the molecule is CCOCC(C)OCCC(=O)Nc1cc(N)ccc1OC. The van der Waals surface area contributed by atoms with Crippen molar-refractivity contribution in [2.24, 2.45) is 0 Å². The van der Waals surface area contributed by atoms with Crippen molar-refractivity contribution in [1.82, 2.24) is 0 Å². The fraction of sp³-hybridized carbons (Fsp3) is 0.533. The molecule has 0 aliphatic heterocycles. The molecule has 0 bridgehead atoms. The second-order valence-electron chi connectivity index (χ2n) is 4.60. The number of carbonyl (C=O) groups is 1. The molecular weight excluding hydrogens is 272 g/mol. The quantitative estimate of drug-likeness (QED) is 0.681. The van der Waals surface area contributed by atoms with E-state index in [-0.39, 0.29) is 18.4 Å². The molecule has 1 unspecified atom stereocenters. The maximum Gasteiger partial charge on any atom is 0.226 e. The first-order valence-corrected chi connectivity index (χ1v) is 6.99. The summed E-state index contributed by atoms with van der Waals surface area (Å²) in [6.07, 6.45) is 0.230. The number of nitrogens with two attached hydrogens (primary N) is 1. The molecule has 0 aliphatic carbocycles. The third-order valence-corrected chi connectivity index (χ3v) is 2.79. The Balaban J connectivity index is 2.38. The Morgan fingerprint density at radius 1 is 1.43 bits per heavy atom. The molecule has 6 heteroatoms. The summed E-state index contributed by atoms with van der Waals surface area (Å²) in [5, 5.41) is 2.76. The van der Waals surface area contributed by atoms with Gasteiger partial charge in [-0.1, -0.05) is 0 Å². The summed E-state index contributed by atoms with van der Waals surface area (Å²) >= 11 is 0. The van der Waals surface area contributed by atoms with Gasteiger partial charge in [-0.15, -0.1) is 0 Å². The molecule has 0 radical (unpaired) electrons. The van der Waals surface area contributed by atoms with Gasteiger partial charge in [0.2, 0.25) is 5.91 Å². The van der Waals surface area contributed by atoms with Crippen LogP contribution in [0.1, 0.15) is 20.3 Å². The Hall–Kier alpha value is -1.79. The van der Waals surface area contributed by atoms with E-state index in [1.165, 1.54) is 0 Å². The Labute approximate surface area is 125 Å². The summed E-state index contributed by atoms with van der Waals surface area (Å²) in [6, 6.07) is 5.09. The second-order valence-corrected chi connectivity index (χ2v) is 4.60. The maximum absolute atomic E-state index is 11.9. The minimum Gasteiger partial charge on any atom is -0.495 e. The van der Waals surface area contributed by atoms with Gasteiger partial charge in [-0.2, -0.15) is 0 Å². The van der Waals surface area contributed by atoms with Crippen LogP contribution in [0.25, 0.3) is 0 Å². The summed E-state index contributed by atoms with van der Waals surface area (Å²) in [5.41, 5.74) is 6.82. The van der Waals surface area contributed by atoms with Gasteiger partial charge in [0.15, 0.2) is 0 Å². The standard InChI is InChI=1S/C15H24N2O4/c1-4-20-10-11(2)21-8-7-15(18)17-13-9-12(16)5-6-14(13)19-3/h5-6,9,11H,4,7-8,10,16H2,1-3H3,(H,17,18). The zero-order chi connectivity index (χ0) is 15.7. The van der Waals surface area contributed by atoms with E-state index in [1.807, 2.05) is 13.8 Å². The van der Waals surface area contributed by atoms with Crippen LogP contribution in [0.5, 0.6) is 5.75 Å². The van der Waals surface area contributed by atoms with E-state index in [9.17, 15) is 4.79 Å². The lowest BCUT2D eigenvalue weighted by Crippen LogP contribution is -2.20. The molecule has 6 nitrogen and oxygen atoms in total. The number of hydrogen-bond acceptors (Lipinski definition) is 5. The molecule has 1 amide bonds. The number of methoxy groups -OCH3 is 1. The lowest BCUT2D eigenvalue weighted by atomic mass is 10.2. The van der Waals surface area contributed by atoms with Crippen LogP contribution in [0.4, 0.5) is 11.4 Å². The molecule has 0 saturated carbocycles. The molecule has 0 aliphatic rings. The van der Waals surface area contributed by atoms with Crippen molar-refractivity contribution < 1.29 is 19.0 Å². The number of ether oxygens (including phenoxy) is 3. The predicted molar refractivity (Wildman–Crippen MR) is 82.6 cm³/mol. The molecule has 0 heterocycles. The summed E-state index contributed by atoms with van der Waals surface area (Å²) in [5.74, 6) is 0.422. The van der Waals surface area contributed by atoms with Crippen LogP contribution in [-0.4, -0.2) is 38.9 Å². The minimum absolute atomic E-state index is 0.0281. The van der Waals surface area contributed by atoms with Crippen LogP contribution in [0.2, 0.25) is 0 Å². The number of amides is 1. The third-order valence-electron chi connectivity index (χ3n) is 2.79. The highest BCUT2D eigenvalue weighted by atomic mass is 16.5. The average Bonchev–Trinajstić information content (AvgIpc) is 2.45. The molecule has 118 valence electrons. The van der Waals surface area contributed by atoms with Gasteiger partial charge in [0, 0.05) is 12.3 Å². The second kappa shape index (κ2) is 9.20. The highest BCUT2D eigenvalue weighted by Gasteiger charge is 2.09. The number of nitrogen functional groups attached to an aromatic ring is 1. The van der Waals surface area contributed by atoms with Crippen molar-refractivity contribution >= 4 is 17.3 Å². The normalized spacial score (nSPS) is 12.0. The smallest absolute Gasteiger partial charge is 0.226 e. The fourth-order valence-electron chi connectivity index (χ4n) is 1.72. The molecule has 0 spiro atoms. The van der Waals surface area contributed by atoms with Gasteiger partial charge in [0.05, 0.1) is 38.5 Å². The van der Waals surface area contributed by atoms with Crippen LogP contribution in [-0.2, 0) is 14.3 Å². The topological polar surface area (TPSA) is 82.8 Å². The predicted octanol–water partition coefficient (Wildman–Crippen LogP) is 2.05. The van der Waals surface area contributed by atoms with Gasteiger partial charge in [-0.25, -0.2) is 0 Å². The first-order valence-electron chi connectivity index (χ1n) is 6.99. The van der Waals surface area contributed by atoms with E-state index in [4.69, 9.17) is 19.9 Å². The molecular formula is C15H24N2O4. The summed E-state index contributed by atoms with van der Waals surface area (Å²) in [6.45, 7) is 5.36. The number of anilines is 2. The van der Waals surface area contributed by atoms with Crippen molar-refractivity contribution in [3.8, 4) is 5.75 Å². The minimum atomic E-state index is -0.150. The van der Waals surface area contributed by atoms with E-state index >= 15 is 0 Å². The number of nitrogens with one attached hydrogen (secondary N) is 1. The van der Waals surface area contributed by atoms with Crippen molar-refractivity contribution in [3.05, 3.63) is 18.2 Å².